The molecule has 2 aliphatic heterocycles. The van der Waals surface area contributed by atoms with E-state index in [0.717, 1.165) is 7.11 Å². The molecule has 0 spiro atoms. The average molecular weight is 426 g/mol. The number of hydrogen-bond donors (Lipinski definition) is 8. The molecule has 13 heteroatoms. The molecule has 0 aromatic rings. The Balaban J connectivity index is 2.40. The molecule has 8 atom stereocenters. The number of ether oxygens (including phenoxy) is 4. The zero-order chi connectivity index (χ0) is 21.9. The Labute approximate surface area is 164 Å². The number of aliphatic hydroxyl groups is 8. The molecule has 1 saturated heterocycles. The first-order valence-electron chi connectivity index (χ1n) is 8.73. The summed E-state index contributed by atoms with van der Waals surface area (Å²) in [5.74, 6) is -2.38. The van der Waals surface area contributed by atoms with Gasteiger partial charge in [-0.3, -0.25) is 0 Å². The predicted octanol–water partition coefficient (Wildman–Crippen LogP) is -4.95. The molecule has 0 radical (unpaired) electrons. The van der Waals surface area contributed by atoms with Crippen molar-refractivity contribution in [1.29, 1.82) is 0 Å². The van der Waals surface area contributed by atoms with E-state index in [-0.39, 0.29) is 0 Å². The molecule has 2 aliphatic rings. The van der Waals surface area contributed by atoms with Crippen LogP contribution in [0.5, 0.6) is 0 Å². The van der Waals surface area contributed by atoms with Crippen LogP contribution >= 0.6 is 0 Å². The van der Waals surface area contributed by atoms with E-state index in [1.807, 2.05) is 0 Å². The van der Waals surface area contributed by atoms with Gasteiger partial charge in [-0.15, -0.1) is 0 Å². The Morgan fingerprint density at radius 1 is 1.07 bits per heavy atom. The second-order valence-electron chi connectivity index (χ2n) is 6.70. The van der Waals surface area contributed by atoms with E-state index < -0.39 is 92.2 Å². The summed E-state index contributed by atoms with van der Waals surface area (Å²) in [7, 11) is 1.08. The quantitative estimate of drug-likeness (QED) is 0.162. The Kier molecular flexibility index (Phi) is 7.78. The highest BCUT2D eigenvalue weighted by Crippen LogP contribution is 2.41. The van der Waals surface area contributed by atoms with Crippen molar-refractivity contribution in [2.45, 2.75) is 54.9 Å². The summed E-state index contributed by atoms with van der Waals surface area (Å²) >= 11 is 0. The zero-order valence-electron chi connectivity index (χ0n) is 15.5. The zero-order valence-corrected chi connectivity index (χ0v) is 15.5. The fraction of sp³-hybridized carbons (Fsp3) is 0.812. The van der Waals surface area contributed by atoms with Crippen molar-refractivity contribution >= 4 is 5.97 Å². The van der Waals surface area contributed by atoms with Crippen LogP contribution in [0, 0.1) is 0 Å². The lowest BCUT2D eigenvalue weighted by atomic mass is 9.88. The maximum atomic E-state index is 12.4. The van der Waals surface area contributed by atoms with Gasteiger partial charge in [0.05, 0.1) is 33.0 Å². The Hall–Kier alpha value is -1.55. The van der Waals surface area contributed by atoms with Crippen molar-refractivity contribution in [1.82, 2.24) is 0 Å². The molecule has 29 heavy (non-hydrogen) atoms. The predicted molar refractivity (Wildman–Crippen MR) is 88.5 cm³/mol. The van der Waals surface area contributed by atoms with Crippen LogP contribution in [0.1, 0.15) is 6.42 Å². The number of carbonyl (C=O) groups excluding carboxylic acids is 1. The second kappa shape index (κ2) is 9.51. The van der Waals surface area contributed by atoms with Crippen LogP contribution in [0.2, 0.25) is 0 Å². The topological polar surface area (TPSA) is 216 Å². The van der Waals surface area contributed by atoms with Gasteiger partial charge >= 0.3 is 5.97 Å². The Morgan fingerprint density at radius 3 is 2.24 bits per heavy atom. The third-order valence-electron chi connectivity index (χ3n) is 4.80. The molecule has 0 bridgehead atoms. The van der Waals surface area contributed by atoms with Gasteiger partial charge in [0.25, 0.3) is 0 Å². The number of hydrogen-bond acceptors (Lipinski definition) is 13. The highest BCUT2D eigenvalue weighted by atomic mass is 16.7. The minimum atomic E-state index is -2.12. The monoisotopic (exact) mass is 426 g/mol. The van der Waals surface area contributed by atoms with Crippen LogP contribution in [-0.4, -0.2) is 122 Å². The van der Waals surface area contributed by atoms with E-state index in [2.05, 4.69) is 0 Å². The van der Waals surface area contributed by atoms with Gasteiger partial charge in [-0.1, -0.05) is 0 Å². The van der Waals surface area contributed by atoms with Crippen LogP contribution < -0.4 is 0 Å². The fourth-order valence-corrected chi connectivity index (χ4v) is 3.24. The average Bonchev–Trinajstić information content (AvgIpc) is 2.98. The van der Waals surface area contributed by atoms with Gasteiger partial charge in [-0.05, 0) is 0 Å². The largest absolute Gasteiger partial charge is 0.493 e. The summed E-state index contributed by atoms with van der Waals surface area (Å²) in [4.78, 5) is 12.4. The van der Waals surface area contributed by atoms with Crippen molar-refractivity contribution < 1.29 is 64.6 Å². The van der Waals surface area contributed by atoms with E-state index in [1.165, 1.54) is 0 Å². The van der Waals surface area contributed by atoms with E-state index in [4.69, 9.17) is 24.1 Å². The summed E-state index contributed by atoms with van der Waals surface area (Å²) in [6.07, 6.45) is -12.2. The summed E-state index contributed by atoms with van der Waals surface area (Å²) in [5.41, 5.74) is -2.12. The highest BCUT2D eigenvalue weighted by molar-refractivity contribution is 5.90. The highest BCUT2D eigenvalue weighted by Gasteiger charge is 2.57. The van der Waals surface area contributed by atoms with Crippen LogP contribution in [0.3, 0.4) is 0 Å². The van der Waals surface area contributed by atoms with Crippen LogP contribution in [0.4, 0.5) is 0 Å². The summed E-state index contributed by atoms with van der Waals surface area (Å²) in [6, 6.07) is 0. The Morgan fingerprint density at radius 2 is 1.72 bits per heavy atom. The Bertz CT molecular complexity index is 608. The molecule has 0 aromatic carbocycles. The molecular weight excluding hydrogens is 400 g/mol. The van der Waals surface area contributed by atoms with Gasteiger partial charge in [0.1, 0.15) is 30.5 Å². The van der Waals surface area contributed by atoms with Gasteiger partial charge in [0.2, 0.25) is 17.7 Å². The molecule has 2 heterocycles. The third kappa shape index (κ3) is 4.33. The standard InChI is InChI=1S/C16H26O13/c1-26-13-12(28-15-11(24)10(23)9(22)7(4-18)27-15)14(25)29-16(13,8(21)5-19)2-6(20)3-17/h6-11,15,17-24H,2-5H2,1H3/t6?,7-,8+,9-,10+,11-,15?,16-/m1/s1. The number of methoxy groups -OCH3 is 1. The fourth-order valence-electron chi connectivity index (χ4n) is 3.24. The van der Waals surface area contributed by atoms with E-state index in [0.29, 0.717) is 0 Å². The number of esters is 1. The molecular formula is C16H26O13. The molecule has 2 rings (SSSR count). The molecule has 1 fully saturated rings. The van der Waals surface area contributed by atoms with Crippen molar-refractivity contribution in [3.8, 4) is 0 Å². The van der Waals surface area contributed by atoms with Crippen molar-refractivity contribution in [2.75, 3.05) is 26.9 Å². The van der Waals surface area contributed by atoms with E-state index in [9.17, 15) is 40.5 Å². The van der Waals surface area contributed by atoms with E-state index >= 15 is 0 Å². The van der Waals surface area contributed by atoms with Gasteiger partial charge in [-0.2, -0.15) is 0 Å². The van der Waals surface area contributed by atoms with Gasteiger partial charge in [0.15, 0.2) is 5.76 Å². The molecule has 168 valence electrons. The normalized spacial score (nSPS) is 37.3. The maximum Gasteiger partial charge on any atom is 0.378 e. The van der Waals surface area contributed by atoms with Crippen molar-refractivity contribution in [3.63, 3.8) is 0 Å². The SMILES string of the molecule is COC1=C(OC2O[C@H](CO)[C@@H](O)[C@H](O)[C@H]2O)C(=O)O[C@]1(CC(O)CO)[C@@H](O)CO. The maximum absolute atomic E-state index is 12.4. The molecule has 2 unspecified atom stereocenters. The number of aliphatic hydroxyl groups excluding tert-OH is 8. The molecule has 0 aromatic heterocycles. The van der Waals surface area contributed by atoms with E-state index in [1.54, 1.807) is 0 Å². The van der Waals surface area contributed by atoms with Gasteiger partial charge in [0, 0.05) is 6.42 Å². The van der Waals surface area contributed by atoms with Gasteiger partial charge in [-0.25, -0.2) is 4.79 Å². The van der Waals surface area contributed by atoms with Crippen molar-refractivity contribution in [2.24, 2.45) is 0 Å². The lowest BCUT2D eigenvalue weighted by Crippen LogP contribution is -2.59. The number of carbonyl (C=O) groups is 1. The molecule has 8 N–H and O–H groups in total. The summed E-state index contributed by atoms with van der Waals surface area (Å²) in [5, 5.41) is 77.5. The molecule has 0 amide bonds. The molecule has 0 aliphatic carbocycles. The van der Waals surface area contributed by atoms with Crippen LogP contribution in [0.25, 0.3) is 0 Å². The first-order valence-corrected chi connectivity index (χ1v) is 8.73. The van der Waals surface area contributed by atoms with Crippen molar-refractivity contribution in [3.05, 3.63) is 11.5 Å². The third-order valence-corrected chi connectivity index (χ3v) is 4.80. The minimum Gasteiger partial charge on any atom is -0.493 e. The van der Waals surface area contributed by atoms with Crippen LogP contribution in [0.15, 0.2) is 11.5 Å². The first kappa shape index (κ1) is 23.7. The minimum absolute atomic E-state index is 0.464. The van der Waals surface area contributed by atoms with Gasteiger partial charge < -0.3 is 59.8 Å². The summed E-state index contributed by atoms with van der Waals surface area (Å²) < 4.78 is 20.7. The van der Waals surface area contributed by atoms with Crippen LogP contribution in [-0.2, 0) is 23.7 Å². The lowest BCUT2D eigenvalue weighted by Gasteiger charge is -2.39. The number of cyclic esters (lactones) is 1. The smallest absolute Gasteiger partial charge is 0.378 e. The summed E-state index contributed by atoms with van der Waals surface area (Å²) in [6.45, 7) is -2.40. The lowest BCUT2D eigenvalue weighted by molar-refractivity contribution is -0.291. The second-order valence-corrected chi connectivity index (χ2v) is 6.70. The molecule has 0 saturated carbocycles. The number of rotatable bonds is 9. The first-order chi connectivity index (χ1) is 13.7. The molecule has 13 nitrogen and oxygen atoms in total.